The summed E-state index contributed by atoms with van der Waals surface area (Å²) in [6.45, 7) is 7.96. The Morgan fingerprint density at radius 2 is 2.33 bits per heavy atom. The predicted molar refractivity (Wildman–Crippen MR) is 62.2 cm³/mol. The maximum Gasteiger partial charge on any atom is 0.0726 e. The van der Waals surface area contributed by atoms with Gasteiger partial charge in [-0.1, -0.05) is 13.3 Å². The van der Waals surface area contributed by atoms with Gasteiger partial charge in [-0.3, -0.25) is 0 Å². The summed E-state index contributed by atoms with van der Waals surface area (Å²) < 4.78 is 11.1. The van der Waals surface area contributed by atoms with Crippen LogP contribution in [0.15, 0.2) is 0 Å². The first-order valence-corrected chi connectivity index (χ1v) is 6.27. The lowest BCUT2D eigenvalue weighted by atomic mass is 10.1. The third-order valence-electron chi connectivity index (χ3n) is 2.88. The fourth-order valence-electron chi connectivity index (χ4n) is 1.84. The lowest BCUT2D eigenvalue weighted by molar-refractivity contribution is 0.0767. The van der Waals surface area contributed by atoms with Gasteiger partial charge < -0.3 is 14.8 Å². The average molecular weight is 215 g/mol. The van der Waals surface area contributed by atoms with E-state index in [4.69, 9.17) is 9.47 Å². The van der Waals surface area contributed by atoms with Crippen molar-refractivity contribution in [1.82, 2.24) is 5.32 Å². The largest absolute Gasteiger partial charge is 0.380 e. The SMILES string of the molecule is CCCCOCCNC(C)C1CCCO1. The molecule has 0 radical (unpaired) electrons. The van der Waals surface area contributed by atoms with Crippen molar-refractivity contribution in [2.24, 2.45) is 0 Å². The van der Waals surface area contributed by atoms with E-state index in [0.29, 0.717) is 12.1 Å². The topological polar surface area (TPSA) is 30.5 Å². The first-order chi connectivity index (χ1) is 7.34. The normalized spacial score (nSPS) is 23.2. The van der Waals surface area contributed by atoms with Gasteiger partial charge in [0.15, 0.2) is 0 Å². The van der Waals surface area contributed by atoms with Crippen LogP contribution in [0.4, 0.5) is 0 Å². The summed E-state index contributed by atoms with van der Waals surface area (Å²) in [6.07, 6.45) is 5.20. The summed E-state index contributed by atoms with van der Waals surface area (Å²) >= 11 is 0. The molecule has 3 nitrogen and oxygen atoms in total. The van der Waals surface area contributed by atoms with Crippen molar-refractivity contribution in [1.29, 1.82) is 0 Å². The van der Waals surface area contributed by atoms with Gasteiger partial charge >= 0.3 is 0 Å². The maximum atomic E-state index is 5.61. The van der Waals surface area contributed by atoms with E-state index in [0.717, 1.165) is 26.4 Å². The van der Waals surface area contributed by atoms with Crippen molar-refractivity contribution in [3.05, 3.63) is 0 Å². The fourth-order valence-corrected chi connectivity index (χ4v) is 1.84. The van der Waals surface area contributed by atoms with Gasteiger partial charge in [0.25, 0.3) is 0 Å². The van der Waals surface area contributed by atoms with E-state index in [1.807, 2.05) is 0 Å². The van der Waals surface area contributed by atoms with Crippen LogP contribution in [0.1, 0.15) is 39.5 Å². The molecule has 1 saturated heterocycles. The van der Waals surface area contributed by atoms with Crippen LogP contribution < -0.4 is 5.32 Å². The third-order valence-corrected chi connectivity index (χ3v) is 2.88. The van der Waals surface area contributed by atoms with E-state index >= 15 is 0 Å². The molecular weight excluding hydrogens is 190 g/mol. The molecule has 3 heteroatoms. The molecule has 15 heavy (non-hydrogen) atoms. The Kier molecular flexibility index (Phi) is 6.98. The zero-order chi connectivity index (χ0) is 10.9. The molecule has 2 atom stereocenters. The van der Waals surface area contributed by atoms with Gasteiger partial charge in [-0.05, 0) is 26.2 Å². The van der Waals surface area contributed by atoms with Crippen LogP contribution in [0.2, 0.25) is 0 Å². The van der Waals surface area contributed by atoms with Crippen LogP contribution in [0.25, 0.3) is 0 Å². The van der Waals surface area contributed by atoms with Gasteiger partial charge in [0, 0.05) is 25.8 Å². The summed E-state index contributed by atoms with van der Waals surface area (Å²) in [5, 5.41) is 3.45. The highest BCUT2D eigenvalue weighted by Crippen LogP contribution is 2.14. The van der Waals surface area contributed by atoms with E-state index in [9.17, 15) is 0 Å². The van der Waals surface area contributed by atoms with Gasteiger partial charge in [-0.2, -0.15) is 0 Å². The molecule has 1 heterocycles. The quantitative estimate of drug-likeness (QED) is 0.628. The molecule has 0 aromatic carbocycles. The molecule has 0 amide bonds. The van der Waals surface area contributed by atoms with Crippen LogP contribution >= 0.6 is 0 Å². The highest BCUT2D eigenvalue weighted by atomic mass is 16.5. The van der Waals surface area contributed by atoms with Crippen molar-refractivity contribution in [2.45, 2.75) is 51.7 Å². The number of nitrogens with one attached hydrogen (secondary N) is 1. The zero-order valence-electron chi connectivity index (χ0n) is 10.1. The van der Waals surface area contributed by atoms with E-state index in [-0.39, 0.29) is 0 Å². The zero-order valence-corrected chi connectivity index (χ0v) is 10.1. The Balaban J connectivity index is 1.90. The molecule has 1 aliphatic heterocycles. The van der Waals surface area contributed by atoms with Crippen molar-refractivity contribution in [3.63, 3.8) is 0 Å². The summed E-state index contributed by atoms with van der Waals surface area (Å²) in [6, 6.07) is 0.460. The van der Waals surface area contributed by atoms with Gasteiger partial charge in [0.1, 0.15) is 0 Å². The molecule has 0 aromatic heterocycles. The summed E-state index contributed by atoms with van der Waals surface area (Å²) in [4.78, 5) is 0. The third kappa shape index (κ3) is 5.50. The first-order valence-electron chi connectivity index (χ1n) is 6.27. The molecular formula is C12H25NO2. The molecule has 1 rings (SSSR count). The van der Waals surface area contributed by atoms with E-state index in [2.05, 4.69) is 19.2 Å². The molecule has 0 bridgehead atoms. The molecule has 0 spiro atoms. The lowest BCUT2D eigenvalue weighted by Crippen LogP contribution is -2.38. The monoisotopic (exact) mass is 215 g/mol. The minimum Gasteiger partial charge on any atom is -0.380 e. The number of hydrogen-bond acceptors (Lipinski definition) is 3. The minimum absolute atomic E-state index is 0.417. The number of rotatable bonds is 8. The second-order valence-electron chi connectivity index (χ2n) is 4.26. The molecule has 2 unspecified atom stereocenters. The molecule has 1 fully saturated rings. The summed E-state index contributed by atoms with van der Waals surface area (Å²) in [5.74, 6) is 0. The van der Waals surface area contributed by atoms with Crippen LogP contribution in [-0.2, 0) is 9.47 Å². The smallest absolute Gasteiger partial charge is 0.0726 e. The lowest BCUT2D eigenvalue weighted by Gasteiger charge is -2.19. The first kappa shape index (κ1) is 12.9. The summed E-state index contributed by atoms with van der Waals surface area (Å²) in [7, 11) is 0. The van der Waals surface area contributed by atoms with Crippen molar-refractivity contribution in [2.75, 3.05) is 26.4 Å². The van der Waals surface area contributed by atoms with Crippen molar-refractivity contribution in [3.8, 4) is 0 Å². The fraction of sp³-hybridized carbons (Fsp3) is 1.00. The van der Waals surface area contributed by atoms with Crippen LogP contribution in [-0.4, -0.2) is 38.5 Å². The van der Waals surface area contributed by atoms with Crippen LogP contribution in [0.3, 0.4) is 0 Å². The van der Waals surface area contributed by atoms with Crippen LogP contribution in [0.5, 0.6) is 0 Å². The van der Waals surface area contributed by atoms with Gasteiger partial charge in [-0.15, -0.1) is 0 Å². The van der Waals surface area contributed by atoms with Crippen molar-refractivity contribution >= 4 is 0 Å². The molecule has 1 N–H and O–H groups in total. The van der Waals surface area contributed by atoms with Crippen molar-refractivity contribution < 1.29 is 9.47 Å². The molecule has 0 saturated carbocycles. The Bertz CT molecular complexity index is 147. The van der Waals surface area contributed by atoms with Crippen LogP contribution in [0, 0.1) is 0 Å². The highest BCUT2D eigenvalue weighted by Gasteiger charge is 2.21. The Hall–Kier alpha value is -0.120. The number of ether oxygens (including phenoxy) is 2. The summed E-state index contributed by atoms with van der Waals surface area (Å²) in [5.41, 5.74) is 0. The minimum atomic E-state index is 0.417. The number of hydrogen-bond donors (Lipinski definition) is 1. The molecule has 0 aromatic rings. The van der Waals surface area contributed by atoms with Gasteiger partial charge in [0.05, 0.1) is 12.7 Å². The Morgan fingerprint density at radius 3 is 3.00 bits per heavy atom. The van der Waals surface area contributed by atoms with Gasteiger partial charge in [-0.25, -0.2) is 0 Å². The average Bonchev–Trinajstić information content (AvgIpc) is 2.76. The van der Waals surface area contributed by atoms with E-state index in [1.165, 1.54) is 25.7 Å². The molecule has 90 valence electrons. The maximum absolute atomic E-state index is 5.61. The second kappa shape index (κ2) is 8.08. The van der Waals surface area contributed by atoms with E-state index < -0.39 is 0 Å². The predicted octanol–water partition coefficient (Wildman–Crippen LogP) is 1.96. The Morgan fingerprint density at radius 1 is 1.47 bits per heavy atom. The molecule has 1 aliphatic rings. The Labute approximate surface area is 93.5 Å². The molecule has 0 aliphatic carbocycles. The standard InChI is InChI=1S/C12H25NO2/c1-3-4-8-14-10-7-13-11(2)12-6-5-9-15-12/h11-13H,3-10H2,1-2H3. The second-order valence-corrected chi connectivity index (χ2v) is 4.26. The highest BCUT2D eigenvalue weighted by molar-refractivity contribution is 4.76. The number of unbranched alkanes of at least 4 members (excludes halogenated alkanes) is 1. The van der Waals surface area contributed by atoms with E-state index in [1.54, 1.807) is 0 Å². The van der Waals surface area contributed by atoms with Gasteiger partial charge in [0.2, 0.25) is 0 Å².